The van der Waals surface area contributed by atoms with Gasteiger partial charge < -0.3 is 15.4 Å². The minimum absolute atomic E-state index is 0.0201. The van der Waals surface area contributed by atoms with Gasteiger partial charge in [0.1, 0.15) is 12.4 Å². The van der Waals surface area contributed by atoms with Crippen molar-refractivity contribution in [2.75, 3.05) is 13.1 Å². The van der Waals surface area contributed by atoms with E-state index >= 15 is 0 Å². The number of carbonyl (C=O) groups is 1. The second-order valence-electron chi connectivity index (χ2n) is 5.82. The zero-order chi connectivity index (χ0) is 15.9. The molecule has 1 fully saturated rings. The number of benzene rings is 2. The van der Waals surface area contributed by atoms with Gasteiger partial charge in [-0.25, -0.2) is 0 Å². The lowest BCUT2D eigenvalue weighted by atomic mass is 10.1. The lowest BCUT2D eigenvalue weighted by molar-refractivity contribution is 0.0930. The highest BCUT2D eigenvalue weighted by Crippen LogP contribution is 2.14. The highest BCUT2D eigenvalue weighted by Gasteiger charge is 2.16. The lowest BCUT2D eigenvalue weighted by Crippen LogP contribution is -2.45. The van der Waals surface area contributed by atoms with Gasteiger partial charge in [0.25, 0.3) is 5.91 Å². The van der Waals surface area contributed by atoms with Gasteiger partial charge in [-0.1, -0.05) is 30.3 Å². The van der Waals surface area contributed by atoms with Crippen molar-refractivity contribution in [3.05, 3.63) is 65.7 Å². The van der Waals surface area contributed by atoms with Crippen molar-refractivity contribution in [1.29, 1.82) is 0 Å². The van der Waals surface area contributed by atoms with Gasteiger partial charge in [0.15, 0.2) is 0 Å². The van der Waals surface area contributed by atoms with Crippen LogP contribution < -0.4 is 15.4 Å². The van der Waals surface area contributed by atoms with Gasteiger partial charge in [-0.05, 0) is 49.2 Å². The zero-order valence-corrected chi connectivity index (χ0v) is 13.1. The Hall–Kier alpha value is -2.33. The van der Waals surface area contributed by atoms with E-state index in [1.165, 1.54) is 0 Å². The van der Waals surface area contributed by atoms with E-state index in [1.807, 2.05) is 54.6 Å². The van der Waals surface area contributed by atoms with Gasteiger partial charge in [-0.15, -0.1) is 0 Å². The van der Waals surface area contributed by atoms with Crippen molar-refractivity contribution in [3.8, 4) is 5.75 Å². The molecule has 4 heteroatoms. The van der Waals surface area contributed by atoms with Crippen molar-refractivity contribution in [1.82, 2.24) is 10.6 Å². The van der Waals surface area contributed by atoms with Crippen molar-refractivity contribution < 1.29 is 9.53 Å². The van der Waals surface area contributed by atoms with E-state index in [0.717, 1.165) is 37.2 Å². The predicted molar refractivity (Wildman–Crippen MR) is 90.6 cm³/mol. The molecule has 1 heterocycles. The summed E-state index contributed by atoms with van der Waals surface area (Å²) in [5.74, 6) is 0.748. The molecule has 0 unspecified atom stereocenters. The molecule has 1 aliphatic rings. The maximum absolute atomic E-state index is 12.2. The molecule has 2 N–H and O–H groups in total. The van der Waals surface area contributed by atoms with Gasteiger partial charge in [0, 0.05) is 18.2 Å². The highest BCUT2D eigenvalue weighted by molar-refractivity contribution is 5.94. The Morgan fingerprint density at radius 3 is 2.61 bits per heavy atom. The average Bonchev–Trinajstić information content (AvgIpc) is 2.62. The lowest BCUT2D eigenvalue weighted by Gasteiger charge is -2.23. The largest absolute Gasteiger partial charge is 0.489 e. The van der Waals surface area contributed by atoms with Crippen LogP contribution in [0.3, 0.4) is 0 Å². The van der Waals surface area contributed by atoms with E-state index in [2.05, 4.69) is 10.6 Å². The summed E-state index contributed by atoms with van der Waals surface area (Å²) < 4.78 is 5.74. The topological polar surface area (TPSA) is 50.4 Å². The van der Waals surface area contributed by atoms with Crippen LogP contribution in [-0.2, 0) is 6.61 Å². The Kier molecular flexibility index (Phi) is 5.27. The van der Waals surface area contributed by atoms with E-state index < -0.39 is 0 Å². The van der Waals surface area contributed by atoms with E-state index in [9.17, 15) is 4.79 Å². The number of carbonyl (C=O) groups excluding carboxylic acids is 1. The van der Waals surface area contributed by atoms with Crippen LogP contribution in [0.4, 0.5) is 0 Å². The first-order valence-electron chi connectivity index (χ1n) is 8.09. The molecule has 1 aliphatic heterocycles. The fourth-order valence-electron chi connectivity index (χ4n) is 2.69. The molecule has 0 saturated carbocycles. The maximum Gasteiger partial charge on any atom is 0.251 e. The minimum atomic E-state index is -0.0201. The second-order valence-corrected chi connectivity index (χ2v) is 5.82. The third-order valence-corrected chi connectivity index (χ3v) is 4.00. The smallest absolute Gasteiger partial charge is 0.251 e. The monoisotopic (exact) mass is 310 g/mol. The van der Waals surface area contributed by atoms with E-state index in [-0.39, 0.29) is 11.9 Å². The summed E-state index contributed by atoms with van der Waals surface area (Å²) in [5.41, 5.74) is 1.79. The fraction of sp³-hybridized carbons (Fsp3) is 0.316. The molecular formula is C19H22N2O2. The minimum Gasteiger partial charge on any atom is -0.489 e. The standard InChI is InChI=1S/C19H22N2O2/c22-19(21-17-7-4-12-20-13-17)16-8-10-18(11-9-16)23-14-15-5-2-1-3-6-15/h1-3,5-6,8-11,17,20H,4,7,12-14H2,(H,21,22)/t17-/m0/s1. The summed E-state index contributed by atoms with van der Waals surface area (Å²) in [6, 6.07) is 17.6. The van der Waals surface area contributed by atoms with Crippen LogP contribution in [0.25, 0.3) is 0 Å². The SMILES string of the molecule is O=C(N[C@H]1CCCNC1)c1ccc(OCc2ccccc2)cc1. The molecule has 23 heavy (non-hydrogen) atoms. The van der Waals surface area contributed by atoms with Crippen LogP contribution in [0.15, 0.2) is 54.6 Å². The maximum atomic E-state index is 12.2. The zero-order valence-electron chi connectivity index (χ0n) is 13.1. The Bertz CT molecular complexity index is 620. The quantitative estimate of drug-likeness (QED) is 0.893. The number of amides is 1. The molecule has 0 spiro atoms. The first kappa shape index (κ1) is 15.6. The normalized spacial score (nSPS) is 17.5. The third-order valence-electron chi connectivity index (χ3n) is 4.00. The summed E-state index contributed by atoms with van der Waals surface area (Å²) in [6.07, 6.45) is 2.15. The number of piperidine rings is 1. The molecule has 0 bridgehead atoms. The van der Waals surface area contributed by atoms with Crippen molar-refractivity contribution in [2.24, 2.45) is 0 Å². The summed E-state index contributed by atoms with van der Waals surface area (Å²) in [7, 11) is 0. The van der Waals surface area contributed by atoms with Crippen LogP contribution in [0.5, 0.6) is 5.75 Å². The van der Waals surface area contributed by atoms with Gasteiger partial charge >= 0.3 is 0 Å². The highest BCUT2D eigenvalue weighted by atomic mass is 16.5. The van der Waals surface area contributed by atoms with Crippen LogP contribution >= 0.6 is 0 Å². The Balaban J connectivity index is 1.52. The second kappa shape index (κ2) is 7.79. The van der Waals surface area contributed by atoms with Gasteiger partial charge in [-0.2, -0.15) is 0 Å². The first-order valence-corrected chi connectivity index (χ1v) is 8.09. The molecule has 0 aliphatic carbocycles. The number of hydrogen-bond acceptors (Lipinski definition) is 3. The van der Waals surface area contributed by atoms with Gasteiger partial charge in [-0.3, -0.25) is 4.79 Å². The van der Waals surface area contributed by atoms with E-state index in [0.29, 0.717) is 12.2 Å². The van der Waals surface area contributed by atoms with E-state index in [4.69, 9.17) is 4.74 Å². The molecule has 3 rings (SSSR count). The Morgan fingerprint density at radius 1 is 1.13 bits per heavy atom. The molecule has 0 radical (unpaired) electrons. The molecule has 4 nitrogen and oxygen atoms in total. The average molecular weight is 310 g/mol. The predicted octanol–water partition coefficient (Wildman–Crippen LogP) is 2.75. The molecule has 1 amide bonds. The van der Waals surface area contributed by atoms with Crippen LogP contribution in [-0.4, -0.2) is 25.0 Å². The summed E-state index contributed by atoms with van der Waals surface area (Å²) in [5, 5.41) is 6.37. The number of hydrogen-bond donors (Lipinski definition) is 2. The van der Waals surface area contributed by atoms with E-state index in [1.54, 1.807) is 0 Å². The van der Waals surface area contributed by atoms with Gasteiger partial charge in [0.2, 0.25) is 0 Å². The van der Waals surface area contributed by atoms with Crippen molar-refractivity contribution in [2.45, 2.75) is 25.5 Å². The summed E-state index contributed by atoms with van der Waals surface area (Å²) in [6.45, 7) is 2.42. The number of rotatable bonds is 5. The Morgan fingerprint density at radius 2 is 1.91 bits per heavy atom. The van der Waals surface area contributed by atoms with Crippen molar-refractivity contribution in [3.63, 3.8) is 0 Å². The molecule has 0 aromatic heterocycles. The molecule has 120 valence electrons. The van der Waals surface area contributed by atoms with Crippen LogP contribution in [0, 0.1) is 0 Å². The molecule has 1 saturated heterocycles. The molecule has 2 aromatic carbocycles. The summed E-state index contributed by atoms with van der Waals surface area (Å²) in [4.78, 5) is 12.2. The molecule has 1 atom stereocenters. The Labute approximate surface area is 136 Å². The third kappa shape index (κ3) is 4.57. The molecule has 2 aromatic rings. The number of ether oxygens (including phenoxy) is 1. The van der Waals surface area contributed by atoms with Crippen LogP contribution in [0.2, 0.25) is 0 Å². The fourth-order valence-corrected chi connectivity index (χ4v) is 2.69. The first-order chi connectivity index (χ1) is 11.3. The summed E-state index contributed by atoms with van der Waals surface area (Å²) >= 11 is 0. The van der Waals surface area contributed by atoms with Crippen LogP contribution in [0.1, 0.15) is 28.8 Å². The molecular weight excluding hydrogens is 288 g/mol. The van der Waals surface area contributed by atoms with Gasteiger partial charge in [0.05, 0.1) is 0 Å². The van der Waals surface area contributed by atoms with Crippen molar-refractivity contribution >= 4 is 5.91 Å². The number of nitrogens with one attached hydrogen (secondary N) is 2.